The van der Waals surface area contributed by atoms with Crippen molar-refractivity contribution in [1.29, 1.82) is 0 Å². The topological polar surface area (TPSA) is 34.1 Å². The summed E-state index contributed by atoms with van der Waals surface area (Å²) in [7, 11) is 0. The van der Waals surface area contributed by atoms with E-state index in [2.05, 4.69) is 29.4 Å². The maximum absolute atomic E-state index is 5.74. The number of ether oxygens (including phenoxy) is 1. The van der Waals surface area contributed by atoms with Gasteiger partial charge in [0.05, 0.1) is 5.69 Å². The summed E-state index contributed by atoms with van der Waals surface area (Å²) in [6, 6.07) is 14.0. The molecule has 0 aliphatic carbocycles. The van der Waals surface area contributed by atoms with Gasteiger partial charge in [-0.25, -0.2) is 0 Å². The molecule has 94 valence electrons. The molecule has 0 saturated heterocycles. The summed E-state index contributed by atoms with van der Waals surface area (Å²) in [4.78, 5) is 4.29. The fourth-order valence-corrected chi connectivity index (χ4v) is 1.64. The number of hydrogen-bond acceptors (Lipinski definition) is 3. The zero-order valence-electron chi connectivity index (χ0n) is 10.6. The third-order valence-electron chi connectivity index (χ3n) is 2.59. The fraction of sp³-hybridized carbons (Fsp3) is 0.267. The van der Waals surface area contributed by atoms with E-state index in [-0.39, 0.29) is 0 Å². The lowest BCUT2D eigenvalue weighted by atomic mass is 10.2. The van der Waals surface area contributed by atoms with Gasteiger partial charge < -0.3 is 10.1 Å². The van der Waals surface area contributed by atoms with Crippen LogP contribution in [0.25, 0.3) is 0 Å². The monoisotopic (exact) mass is 242 g/mol. The molecular weight excluding hydrogens is 224 g/mol. The first-order valence-electron chi connectivity index (χ1n) is 6.21. The Morgan fingerprint density at radius 3 is 2.78 bits per heavy atom. The van der Waals surface area contributed by atoms with E-state index in [4.69, 9.17) is 4.74 Å². The average Bonchev–Trinajstić information content (AvgIpc) is 2.44. The summed E-state index contributed by atoms with van der Waals surface area (Å²) < 4.78 is 5.74. The van der Waals surface area contributed by atoms with E-state index in [0.717, 1.165) is 24.5 Å². The molecule has 1 aromatic heterocycles. The lowest BCUT2D eigenvalue weighted by Gasteiger charge is -2.07. The number of rotatable bonds is 6. The van der Waals surface area contributed by atoms with Crippen molar-refractivity contribution in [1.82, 2.24) is 10.3 Å². The molecule has 0 saturated carbocycles. The molecule has 1 N–H and O–H groups in total. The number of benzene rings is 1. The van der Waals surface area contributed by atoms with Crippen LogP contribution in [0.3, 0.4) is 0 Å². The third-order valence-corrected chi connectivity index (χ3v) is 2.59. The number of aromatic nitrogens is 1. The van der Waals surface area contributed by atoms with Crippen LogP contribution in [0, 0.1) is 0 Å². The highest BCUT2D eigenvalue weighted by Crippen LogP contribution is 2.13. The molecule has 0 radical (unpaired) electrons. The Morgan fingerprint density at radius 2 is 2.00 bits per heavy atom. The summed E-state index contributed by atoms with van der Waals surface area (Å²) >= 11 is 0. The molecule has 0 unspecified atom stereocenters. The van der Waals surface area contributed by atoms with Crippen LogP contribution >= 0.6 is 0 Å². The molecular formula is C15H18N2O. The van der Waals surface area contributed by atoms with Crippen molar-refractivity contribution in [3.63, 3.8) is 0 Å². The summed E-state index contributed by atoms with van der Waals surface area (Å²) in [5.41, 5.74) is 2.17. The van der Waals surface area contributed by atoms with Crippen LogP contribution in [0.2, 0.25) is 0 Å². The molecule has 0 amide bonds. The van der Waals surface area contributed by atoms with Gasteiger partial charge in [-0.05, 0) is 18.2 Å². The molecule has 0 fully saturated rings. The van der Waals surface area contributed by atoms with Gasteiger partial charge in [-0.1, -0.05) is 37.3 Å². The predicted octanol–water partition coefficient (Wildman–Crippen LogP) is 2.77. The zero-order valence-corrected chi connectivity index (χ0v) is 10.6. The molecule has 18 heavy (non-hydrogen) atoms. The second-order valence-corrected chi connectivity index (χ2v) is 4.04. The van der Waals surface area contributed by atoms with E-state index in [1.54, 1.807) is 6.20 Å². The standard InChI is InChI=1S/C15H18N2O/c1-2-16-11-14-10-15(8-9-17-14)18-12-13-6-4-3-5-7-13/h3-10,16H,2,11-12H2,1H3. The number of nitrogens with zero attached hydrogens (tertiary/aromatic N) is 1. The van der Waals surface area contributed by atoms with Crippen LogP contribution in [0.5, 0.6) is 5.75 Å². The van der Waals surface area contributed by atoms with Crippen molar-refractivity contribution in [2.45, 2.75) is 20.1 Å². The third kappa shape index (κ3) is 3.86. The van der Waals surface area contributed by atoms with Crippen LogP contribution in [-0.2, 0) is 13.2 Å². The summed E-state index contributed by atoms with van der Waals surface area (Å²) in [5.74, 6) is 0.863. The Labute approximate surface area is 108 Å². The first kappa shape index (κ1) is 12.6. The summed E-state index contributed by atoms with van der Waals surface area (Å²) in [6.45, 7) is 4.39. The Kier molecular flexibility index (Phi) is 4.73. The maximum Gasteiger partial charge on any atom is 0.123 e. The summed E-state index contributed by atoms with van der Waals surface area (Å²) in [5, 5.41) is 3.25. The smallest absolute Gasteiger partial charge is 0.123 e. The number of hydrogen-bond donors (Lipinski definition) is 1. The van der Waals surface area contributed by atoms with Crippen LogP contribution in [0.15, 0.2) is 48.7 Å². The zero-order chi connectivity index (χ0) is 12.6. The molecule has 2 aromatic rings. The minimum atomic E-state index is 0.589. The van der Waals surface area contributed by atoms with Gasteiger partial charge in [-0.3, -0.25) is 4.98 Å². The Morgan fingerprint density at radius 1 is 1.17 bits per heavy atom. The van der Waals surface area contributed by atoms with E-state index >= 15 is 0 Å². The van der Waals surface area contributed by atoms with Gasteiger partial charge in [-0.2, -0.15) is 0 Å². The van der Waals surface area contributed by atoms with E-state index in [1.807, 2.05) is 30.3 Å². The molecule has 1 aromatic carbocycles. The maximum atomic E-state index is 5.74. The van der Waals surface area contributed by atoms with Gasteiger partial charge in [0, 0.05) is 18.8 Å². The number of nitrogens with one attached hydrogen (secondary N) is 1. The van der Waals surface area contributed by atoms with Gasteiger partial charge in [0.15, 0.2) is 0 Å². The fourth-order valence-electron chi connectivity index (χ4n) is 1.64. The molecule has 0 atom stereocenters. The molecule has 2 rings (SSSR count). The molecule has 0 spiro atoms. The minimum Gasteiger partial charge on any atom is -0.489 e. The lowest BCUT2D eigenvalue weighted by Crippen LogP contribution is -2.12. The largest absolute Gasteiger partial charge is 0.489 e. The first-order valence-corrected chi connectivity index (χ1v) is 6.21. The SMILES string of the molecule is CCNCc1cc(OCc2ccccc2)ccn1. The van der Waals surface area contributed by atoms with Gasteiger partial charge in [0.25, 0.3) is 0 Å². The second kappa shape index (κ2) is 6.77. The van der Waals surface area contributed by atoms with Crippen molar-refractivity contribution in [3.05, 3.63) is 59.9 Å². The quantitative estimate of drug-likeness (QED) is 0.845. The van der Waals surface area contributed by atoms with Crippen LogP contribution in [-0.4, -0.2) is 11.5 Å². The van der Waals surface area contributed by atoms with Gasteiger partial charge in [0.2, 0.25) is 0 Å². The Hall–Kier alpha value is -1.87. The molecule has 3 heteroatoms. The summed E-state index contributed by atoms with van der Waals surface area (Å²) in [6.07, 6.45) is 1.78. The van der Waals surface area contributed by atoms with Crippen molar-refractivity contribution in [2.24, 2.45) is 0 Å². The van der Waals surface area contributed by atoms with Crippen LogP contribution in [0.1, 0.15) is 18.2 Å². The first-order chi connectivity index (χ1) is 8.88. The van der Waals surface area contributed by atoms with Gasteiger partial charge in [-0.15, -0.1) is 0 Å². The van der Waals surface area contributed by atoms with Crippen LogP contribution < -0.4 is 10.1 Å². The van der Waals surface area contributed by atoms with Gasteiger partial charge >= 0.3 is 0 Å². The Balaban J connectivity index is 1.93. The van der Waals surface area contributed by atoms with E-state index in [9.17, 15) is 0 Å². The second-order valence-electron chi connectivity index (χ2n) is 4.04. The van der Waals surface area contributed by atoms with E-state index < -0.39 is 0 Å². The highest BCUT2D eigenvalue weighted by molar-refractivity contribution is 5.23. The molecule has 0 aliphatic heterocycles. The highest BCUT2D eigenvalue weighted by atomic mass is 16.5. The van der Waals surface area contributed by atoms with Crippen molar-refractivity contribution in [2.75, 3.05) is 6.54 Å². The van der Waals surface area contributed by atoms with E-state index in [1.165, 1.54) is 5.56 Å². The minimum absolute atomic E-state index is 0.589. The van der Waals surface area contributed by atoms with E-state index in [0.29, 0.717) is 6.61 Å². The molecule has 1 heterocycles. The van der Waals surface area contributed by atoms with Crippen molar-refractivity contribution < 1.29 is 4.74 Å². The number of pyridine rings is 1. The normalized spacial score (nSPS) is 10.3. The lowest BCUT2D eigenvalue weighted by molar-refractivity contribution is 0.305. The predicted molar refractivity (Wildman–Crippen MR) is 72.4 cm³/mol. The average molecular weight is 242 g/mol. The van der Waals surface area contributed by atoms with Crippen molar-refractivity contribution in [3.8, 4) is 5.75 Å². The Bertz CT molecular complexity index is 471. The van der Waals surface area contributed by atoms with Crippen molar-refractivity contribution >= 4 is 0 Å². The highest BCUT2D eigenvalue weighted by Gasteiger charge is 1.98. The van der Waals surface area contributed by atoms with Crippen LogP contribution in [0.4, 0.5) is 0 Å². The molecule has 3 nitrogen and oxygen atoms in total. The molecule has 0 bridgehead atoms. The molecule has 0 aliphatic rings. The van der Waals surface area contributed by atoms with Gasteiger partial charge in [0.1, 0.15) is 12.4 Å².